The zero-order chi connectivity index (χ0) is 9.68. The average molecular weight is 181 g/mol. The molecule has 1 aromatic heterocycles. The number of aromatic nitrogens is 2. The lowest BCUT2D eigenvalue weighted by Crippen LogP contribution is -2.29. The maximum atomic E-state index is 9.05. The molecule has 4 nitrogen and oxygen atoms in total. The summed E-state index contributed by atoms with van der Waals surface area (Å²) in [5.41, 5.74) is 0. The predicted octanol–water partition coefficient (Wildman–Crippen LogP) is 0.905. The highest BCUT2D eigenvalue weighted by molar-refractivity contribution is 5.33. The third-order valence-corrected chi connectivity index (χ3v) is 1.91. The zero-order valence-corrected chi connectivity index (χ0v) is 7.94. The molecule has 0 aromatic carbocycles. The number of nitrogens with zero attached hydrogens (tertiary/aromatic N) is 2. The van der Waals surface area contributed by atoms with Gasteiger partial charge in [-0.15, -0.1) is 5.10 Å². The van der Waals surface area contributed by atoms with Gasteiger partial charge in [-0.3, -0.25) is 0 Å². The number of aliphatic hydroxyl groups excluding tert-OH is 1. The molecule has 1 atom stereocenters. The van der Waals surface area contributed by atoms with Gasteiger partial charge in [0, 0.05) is 6.20 Å². The van der Waals surface area contributed by atoms with E-state index in [-0.39, 0.29) is 12.6 Å². The molecule has 0 fully saturated rings. The minimum absolute atomic E-state index is 0.0386. The van der Waals surface area contributed by atoms with E-state index < -0.39 is 0 Å². The number of anilines is 1. The van der Waals surface area contributed by atoms with Gasteiger partial charge in [0.15, 0.2) is 0 Å². The number of rotatable bonds is 4. The number of hydrogen-bond acceptors (Lipinski definition) is 4. The van der Waals surface area contributed by atoms with Crippen molar-refractivity contribution in [1.82, 2.24) is 10.2 Å². The van der Waals surface area contributed by atoms with Crippen molar-refractivity contribution in [3.05, 3.63) is 18.3 Å². The van der Waals surface area contributed by atoms with Crippen molar-refractivity contribution >= 4 is 5.82 Å². The van der Waals surface area contributed by atoms with Crippen LogP contribution >= 0.6 is 0 Å². The Morgan fingerprint density at radius 1 is 1.54 bits per heavy atom. The van der Waals surface area contributed by atoms with Gasteiger partial charge in [-0.05, 0) is 18.1 Å². The van der Waals surface area contributed by atoms with Crippen LogP contribution < -0.4 is 5.32 Å². The lowest BCUT2D eigenvalue weighted by molar-refractivity contribution is 0.249. The second-order valence-electron chi connectivity index (χ2n) is 3.29. The van der Waals surface area contributed by atoms with E-state index in [2.05, 4.69) is 15.5 Å². The Labute approximate surface area is 78.0 Å². The normalized spacial score (nSPS) is 12.9. The van der Waals surface area contributed by atoms with Crippen LogP contribution in [0.15, 0.2) is 18.3 Å². The fourth-order valence-corrected chi connectivity index (χ4v) is 0.992. The molecule has 0 spiro atoms. The van der Waals surface area contributed by atoms with Crippen molar-refractivity contribution in [1.29, 1.82) is 0 Å². The largest absolute Gasteiger partial charge is 0.394 e. The maximum absolute atomic E-state index is 9.05. The molecule has 1 rings (SSSR count). The van der Waals surface area contributed by atoms with E-state index in [4.69, 9.17) is 5.11 Å². The van der Waals surface area contributed by atoms with Crippen molar-refractivity contribution in [2.45, 2.75) is 19.9 Å². The molecular formula is C9H15N3O. The Morgan fingerprint density at radius 3 is 2.77 bits per heavy atom. The van der Waals surface area contributed by atoms with Gasteiger partial charge in [0.05, 0.1) is 12.6 Å². The van der Waals surface area contributed by atoms with Crippen LogP contribution in [0, 0.1) is 5.92 Å². The van der Waals surface area contributed by atoms with Gasteiger partial charge in [-0.1, -0.05) is 13.8 Å². The molecule has 2 N–H and O–H groups in total. The van der Waals surface area contributed by atoms with Gasteiger partial charge in [-0.25, -0.2) is 0 Å². The average Bonchev–Trinajstić information content (AvgIpc) is 2.15. The summed E-state index contributed by atoms with van der Waals surface area (Å²) in [6, 6.07) is 3.68. The first kappa shape index (κ1) is 9.92. The van der Waals surface area contributed by atoms with Crippen molar-refractivity contribution in [2.24, 2.45) is 5.92 Å². The first-order valence-corrected chi connectivity index (χ1v) is 4.39. The first-order valence-electron chi connectivity index (χ1n) is 4.39. The number of nitrogens with one attached hydrogen (secondary N) is 1. The lowest BCUT2D eigenvalue weighted by atomic mass is 10.1. The van der Waals surface area contributed by atoms with Crippen LogP contribution in [0.1, 0.15) is 13.8 Å². The fraction of sp³-hybridized carbons (Fsp3) is 0.556. The van der Waals surface area contributed by atoms with Gasteiger partial charge >= 0.3 is 0 Å². The molecule has 0 radical (unpaired) electrons. The third-order valence-electron chi connectivity index (χ3n) is 1.91. The quantitative estimate of drug-likeness (QED) is 0.724. The molecule has 0 saturated heterocycles. The molecule has 0 aliphatic rings. The van der Waals surface area contributed by atoms with Crippen LogP contribution in [0.4, 0.5) is 5.82 Å². The van der Waals surface area contributed by atoms with Gasteiger partial charge in [0.2, 0.25) is 0 Å². The molecule has 0 unspecified atom stereocenters. The summed E-state index contributed by atoms with van der Waals surface area (Å²) < 4.78 is 0. The van der Waals surface area contributed by atoms with E-state index in [1.807, 2.05) is 26.0 Å². The Morgan fingerprint density at radius 2 is 2.31 bits per heavy atom. The standard InChI is InChI=1S/C9H15N3O/c1-7(2)8(6-13)11-9-4-3-5-10-12-9/h3-5,7-8,13H,6H2,1-2H3,(H,11,12)/t8-/m1/s1. The van der Waals surface area contributed by atoms with Crippen molar-refractivity contribution in [3.63, 3.8) is 0 Å². The molecule has 0 bridgehead atoms. The first-order chi connectivity index (χ1) is 6.24. The molecule has 72 valence electrons. The molecule has 0 saturated carbocycles. The molecule has 1 heterocycles. The van der Waals surface area contributed by atoms with E-state index in [1.165, 1.54) is 0 Å². The monoisotopic (exact) mass is 181 g/mol. The third kappa shape index (κ3) is 2.99. The highest BCUT2D eigenvalue weighted by atomic mass is 16.3. The van der Waals surface area contributed by atoms with Crippen molar-refractivity contribution in [3.8, 4) is 0 Å². The smallest absolute Gasteiger partial charge is 0.148 e. The summed E-state index contributed by atoms with van der Waals surface area (Å²) in [6.07, 6.45) is 1.62. The second-order valence-corrected chi connectivity index (χ2v) is 3.29. The lowest BCUT2D eigenvalue weighted by Gasteiger charge is -2.19. The summed E-state index contributed by atoms with van der Waals surface area (Å²) in [5.74, 6) is 1.07. The van der Waals surface area contributed by atoms with Gasteiger partial charge in [-0.2, -0.15) is 5.10 Å². The summed E-state index contributed by atoms with van der Waals surface area (Å²) in [4.78, 5) is 0. The SMILES string of the molecule is CC(C)[C@@H](CO)Nc1cccnn1. The van der Waals surface area contributed by atoms with Crippen LogP contribution in [0.25, 0.3) is 0 Å². The fourth-order valence-electron chi connectivity index (χ4n) is 0.992. The summed E-state index contributed by atoms with van der Waals surface area (Å²) in [5, 5.41) is 19.8. The van der Waals surface area contributed by atoms with Crippen LogP contribution in [-0.4, -0.2) is 28.0 Å². The molecule has 0 aliphatic heterocycles. The van der Waals surface area contributed by atoms with Gasteiger partial charge < -0.3 is 10.4 Å². The summed E-state index contributed by atoms with van der Waals surface area (Å²) in [6.45, 7) is 4.20. The Kier molecular flexibility index (Phi) is 3.64. The predicted molar refractivity (Wildman–Crippen MR) is 51.4 cm³/mol. The highest BCUT2D eigenvalue weighted by Gasteiger charge is 2.11. The molecule has 1 aromatic rings. The molecule has 4 heteroatoms. The minimum atomic E-state index is 0.0386. The van der Waals surface area contributed by atoms with E-state index in [0.29, 0.717) is 11.7 Å². The highest BCUT2D eigenvalue weighted by Crippen LogP contribution is 2.07. The van der Waals surface area contributed by atoms with Crippen molar-refractivity contribution in [2.75, 3.05) is 11.9 Å². The second kappa shape index (κ2) is 4.77. The Hall–Kier alpha value is -1.16. The van der Waals surface area contributed by atoms with Crippen LogP contribution in [0.3, 0.4) is 0 Å². The number of hydrogen-bond donors (Lipinski definition) is 2. The van der Waals surface area contributed by atoms with Crippen LogP contribution in [0.5, 0.6) is 0 Å². The van der Waals surface area contributed by atoms with E-state index in [0.717, 1.165) is 0 Å². The maximum Gasteiger partial charge on any atom is 0.148 e. The van der Waals surface area contributed by atoms with E-state index >= 15 is 0 Å². The van der Waals surface area contributed by atoms with Gasteiger partial charge in [0.1, 0.15) is 5.82 Å². The van der Waals surface area contributed by atoms with E-state index in [1.54, 1.807) is 6.20 Å². The summed E-state index contributed by atoms with van der Waals surface area (Å²) in [7, 11) is 0. The van der Waals surface area contributed by atoms with E-state index in [9.17, 15) is 0 Å². The van der Waals surface area contributed by atoms with Crippen LogP contribution in [-0.2, 0) is 0 Å². The topological polar surface area (TPSA) is 58.0 Å². The van der Waals surface area contributed by atoms with Crippen LogP contribution in [0.2, 0.25) is 0 Å². The Balaban J connectivity index is 2.57. The molecule has 13 heavy (non-hydrogen) atoms. The number of aliphatic hydroxyl groups is 1. The van der Waals surface area contributed by atoms with Crippen molar-refractivity contribution < 1.29 is 5.11 Å². The molecule has 0 amide bonds. The summed E-state index contributed by atoms with van der Waals surface area (Å²) >= 11 is 0. The zero-order valence-electron chi connectivity index (χ0n) is 7.94. The Bertz CT molecular complexity index is 238. The minimum Gasteiger partial charge on any atom is -0.394 e. The molecule has 0 aliphatic carbocycles. The molecular weight excluding hydrogens is 166 g/mol. The van der Waals surface area contributed by atoms with Gasteiger partial charge in [0.25, 0.3) is 0 Å².